The average molecular weight is 966 g/mol. The number of hydrogen-bond donors (Lipinski definition) is 0. The molecule has 9 aromatic carbocycles. The van der Waals surface area contributed by atoms with E-state index in [0.29, 0.717) is 0 Å². The van der Waals surface area contributed by atoms with Gasteiger partial charge in [0.05, 0.1) is 0 Å². The predicted octanol–water partition coefficient (Wildman–Crippen LogP) is 14.1. The van der Waals surface area contributed by atoms with Gasteiger partial charge in [-0.15, -0.1) is 17.7 Å². The van der Waals surface area contributed by atoms with Gasteiger partial charge >= 0.3 is 0 Å². The molecule has 1 aliphatic rings. The van der Waals surface area contributed by atoms with E-state index >= 15 is 0 Å². The zero-order chi connectivity index (χ0) is 40.1. The third-order valence-electron chi connectivity index (χ3n) is 10.9. The van der Waals surface area contributed by atoms with Gasteiger partial charge in [0.15, 0.2) is 0 Å². The molecule has 61 heavy (non-hydrogen) atoms. The van der Waals surface area contributed by atoms with Crippen LogP contribution in [-0.2, 0) is 22.4 Å². The van der Waals surface area contributed by atoms with Gasteiger partial charge < -0.3 is 14.9 Å². The molecule has 0 spiro atoms. The number of anilines is 2. The maximum Gasteiger partial charge on any atom is 0.129 e. The van der Waals surface area contributed by atoms with Crippen molar-refractivity contribution in [2.75, 3.05) is 9.91 Å². The van der Waals surface area contributed by atoms with E-state index in [9.17, 15) is 0 Å². The summed E-state index contributed by atoms with van der Waals surface area (Å²) in [6.45, 7) is 2.16. The van der Waals surface area contributed by atoms with Crippen LogP contribution in [0.3, 0.4) is 0 Å². The molecule has 10 aromatic rings. The number of rotatable bonds is 7. The second-order valence-electron chi connectivity index (χ2n) is 14.6. The fourth-order valence-electron chi connectivity index (χ4n) is 8.12. The Kier molecular flexibility index (Phi) is 11.6. The molecule has 0 aliphatic carbocycles. The van der Waals surface area contributed by atoms with Crippen molar-refractivity contribution in [1.82, 2.24) is 4.98 Å². The number of fused-ring (bicyclic) bond motifs is 3. The van der Waals surface area contributed by atoms with Crippen LogP contribution in [0, 0.1) is 6.67 Å². The molecule has 0 fully saturated rings. The molecule has 0 N–H and O–H groups in total. The summed E-state index contributed by atoms with van der Waals surface area (Å²) in [6, 6.07) is 82.5. The van der Waals surface area contributed by atoms with Gasteiger partial charge in [0.1, 0.15) is 5.84 Å². The minimum atomic E-state index is 0. The Labute approximate surface area is 372 Å². The molecule has 0 saturated carbocycles. The maximum atomic E-state index is 5.45. The summed E-state index contributed by atoms with van der Waals surface area (Å²) >= 11 is 0. The van der Waals surface area contributed by atoms with Crippen molar-refractivity contribution in [1.29, 1.82) is 0 Å². The van der Waals surface area contributed by atoms with E-state index in [1.807, 2.05) is 12.1 Å². The second kappa shape index (κ2) is 18.0. The van der Waals surface area contributed by atoms with Crippen molar-refractivity contribution < 1.29 is 22.4 Å². The summed E-state index contributed by atoms with van der Waals surface area (Å²) in [6.07, 6.45) is 0. The van der Waals surface area contributed by atoms with Crippen molar-refractivity contribution in [3.05, 3.63) is 249 Å². The van der Waals surface area contributed by atoms with Gasteiger partial charge in [0.2, 0.25) is 0 Å². The molecule has 0 atom stereocenters. The van der Waals surface area contributed by atoms with Gasteiger partial charge in [-0.3, -0.25) is 0 Å². The van der Waals surface area contributed by atoms with E-state index in [4.69, 9.17) is 5.10 Å². The van der Waals surface area contributed by atoms with Crippen LogP contribution in [0.4, 0.5) is 11.4 Å². The van der Waals surface area contributed by atoms with E-state index in [-0.39, 0.29) is 22.4 Å². The Morgan fingerprint density at radius 1 is 0.328 bits per heavy atom. The summed E-state index contributed by atoms with van der Waals surface area (Å²) in [5.41, 5.74) is 14.4. The molecule has 1 aromatic heterocycles. The number of para-hydroxylation sites is 4. The summed E-state index contributed by atoms with van der Waals surface area (Å²) < 4.78 is 0. The Morgan fingerprint density at radius 2 is 0.656 bits per heavy atom. The molecule has 4 nitrogen and oxygen atoms in total. The maximum absolute atomic E-state index is 5.45. The molecule has 297 valence electrons. The van der Waals surface area contributed by atoms with Crippen LogP contribution in [0.1, 0.15) is 5.56 Å². The number of hydrazone groups is 1. The number of nitrogens with zero attached hydrogens (tertiary/aromatic N) is 4. The molecule has 0 unspecified atom stereocenters. The minimum absolute atomic E-state index is 0. The van der Waals surface area contributed by atoms with Gasteiger partial charge in [-0.2, -0.15) is 5.10 Å². The van der Waals surface area contributed by atoms with Crippen LogP contribution in [0.25, 0.3) is 66.3 Å². The fraction of sp³-hybridized carbons (Fsp3) is 0. The van der Waals surface area contributed by atoms with E-state index in [1.165, 1.54) is 10.8 Å². The molecule has 1 radical (unpaired) electrons. The van der Waals surface area contributed by atoms with E-state index < -0.39 is 0 Å². The molecule has 0 saturated heterocycles. The quantitative estimate of drug-likeness (QED) is 0.118. The Hall–Kier alpha value is -7.21. The Morgan fingerprint density at radius 3 is 1.05 bits per heavy atom. The second-order valence-corrected chi connectivity index (χ2v) is 14.6. The third kappa shape index (κ3) is 7.96. The van der Waals surface area contributed by atoms with E-state index in [1.54, 1.807) is 0 Å². The van der Waals surface area contributed by atoms with Crippen molar-refractivity contribution >= 4 is 39.0 Å². The van der Waals surface area contributed by atoms with Crippen LogP contribution in [0.15, 0.2) is 242 Å². The number of hydrogen-bond acceptors (Lipinski definition) is 3. The molecular weight excluding hydrogens is 926 g/mol. The van der Waals surface area contributed by atoms with E-state index in [2.05, 4.69) is 246 Å². The van der Waals surface area contributed by atoms with Crippen molar-refractivity contribution in [3.63, 3.8) is 0 Å². The van der Waals surface area contributed by atoms with Crippen molar-refractivity contribution in [2.45, 2.75) is 0 Å². The van der Waals surface area contributed by atoms with Gasteiger partial charge in [0.25, 0.3) is 0 Å². The first-order valence-electron chi connectivity index (χ1n) is 20.3. The first-order valence-corrected chi connectivity index (χ1v) is 20.3. The van der Waals surface area contributed by atoms with Gasteiger partial charge in [-0.05, 0) is 33.0 Å². The minimum Gasteiger partial charge on any atom is -0.657 e. The van der Waals surface area contributed by atoms with E-state index in [0.717, 1.165) is 78.3 Å². The molecule has 11 rings (SSSR count). The SMILES string of the molecule is [Au].c1ccc(C2=NN(c3c(-c4ccccc4)cccc3-c3ccccc3)[CH-]N2c2c(-c3ccccc3)cccc2-c2ccccc2)cc1.c1ccc2c(c1)[n-]c1ccccc12. The topological polar surface area (TPSA) is 32.9 Å². The number of amidine groups is 1. The average Bonchev–Trinajstić information content (AvgIpc) is 3.95. The first-order chi connectivity index (χ1) is 29.8. The molecule has 1 aliphatic heterocycles. The normalized spacial score (nSPS) is 12.1. The summed E-state index contributed by atoms with van der Waals surface area (Å²) in [7, 11) is 0. The monoisotopic (exact) mass is 965 g/mol. The largest absolute Gasteiger partial charge is 0.657 e. The van der Waals surface area contributed by atoms with Crippen LogP contribution in [-0.4, -0.2) is 5.84 Å². The summed E-state index contributed by atoms with van der Waals surface area (Å²) in [5, 5.41) is 10.0. The van der Waals surface area contributed by atoms with Crippen molar-refractivity contribution in [3.8, 4) is 44.5 Å². The molecular formula is C56H40AuN4-2. The zero-order valence-corrected chi connectivity index (χ0v) is 35.4. The molecule has 0 amide bonds. The first kappa shape index (κ1) is 39.3. The van der Waals surface area contributed by atoms with Crippen molar-refractivity contribution in [2.24, 2.45) is 5.10 Å². The van der Waals surface area contributed by atoms with Gasteiger partial charge in [0, 0.05) is 61.6 Å². The van der Waals surface area contributed by atoms with Gasteiger partial charge in [-0.1, -0.05) is 237 Å². The molecule has 5 heteroatoms. The zero-order valence-electron chi connectivity index (χ0n) is 33.2. The van der Waals surface area contributed by atoms with Crippen LogP contribution in [0.5, 0.6) is 0 Å². The van der Waals surface area contributed by atoms with Crippen LogP contribution < -0.4 is 14.9 Å². The predicted molar refractivity (Wildman–Crippen MR) is 252 cm³/mol. The third-order valence-corrected chi connectivity index (χ3v) is 10.9. The summed E-state index contributed by atoms with van der Waals surface area (Å²) in [5.74, 6) is 0.855. The Balaban J connectivity index is 0.000000288. The van der Waals surface area contributed by atoms with Gasteiger partial charge in [-0.25, -0.2) is 0 Å². The number of aromatic nitrogens is 1. The molecule has 2 heterocycles. The summed E-state index contributed by atoms with van der Waals surface area (Å²) in [4.78, 5) is 6.79. The molecule has 0 bridgehead atoms. The standard InChI is InChI=1S/C44H32N3.C12H8N.Au/c1-6-18-33(19-7-1)38-28-16-29-39(34-20-8-2-9-21-34)42(38)46-32-47(45-44(46)37-26-14-5-15-27-37)43-40(35-22-10-3-11-23-35)30-17-31-41(43)36-24-12-4-13-25-36;1-3-7-11-9(5-1)10-6-2-4-8-12(10)13-11;/h1-32H;1-8H;/q2*-1;. The number of benzene rings is 9. The van der Waals surface area contributed by atoms with Crippen LogP contribution >= 0.6 is 0 Å². The smallest absolute Gasteiger partial charge is 0.129 e. The fourth-order valence-corrected chi connectivity index (χ4v) is 8.12. The Bertz CT molecular complexity index is 2890. The van der Waals surface area contributed by atoms with Crippen LogP contribution in [0.2, 0.25) is 0 Å².